The fourth-order valence-electron chi connectivity index (χ4n) is 3.80. The first-order valence-corrected chi connectivity index (χ1v) is 10.4. The number of para-hydroxylation sites is 2. The van der Waals surface area contributed by atoms with Gasteiger partial charge in [0.05, 0.1) is 31.0 Å². The summed E-state index contributed by atoms with van der Waals surface area (Å²) in [6.45, 7) is 1.49. The summed E-state index contributed by atoms with van der Waals surface area (Å²) in [5.41, 5.74) is 2.00. The number of nitrogens with zero attached hydrogens (tertiary/aromatic N) is 3. The third-order valence-corrected chi connectivity index (χ3v) is 5.57. The smallest absolute Gasteiger partial charge is 0.325 e. The number of hydrogen-bond donors (Lipinski definition) is 1. The molecule has 0 spiro atoms. The largest absolute Gasteiger partial charge is 0.493 e. The molecular formula is C21H21N4O4S+. The van der Waals surface area contributed by atoms with Gasteiger partial charge in [0.1, 0.15) is 0 Å². The van der Waals surface area contributed by atoms with Crippen LogP contribution in [0.15, 0.2) is 52.4 Å². The number of carbonyl (C=O) groups is 1. The van der Waals surface area contributed by atoms with Crippen molar-refractivity contribution < 1.29 is 19.0 Å². The van der Waals surface area contributed by atoms with E-state index in [2.05, 4.69) is 10.1 Å². The summed E-state index contributed by atoms with van der Waals surface area (Å²) in [5.74, 6) is 0.805. The van der Waals surface area contributed by atoms with Gasteiger partial charge >= 0.3 is 11.3 Å². The van der Waals surface area contributed by atoms with Gasteiger partial charge in [0, 0.05) is 12.0 Å². The van der Waals surface area contributed by atoms with Crippen molar-refractivity contribution >= 4 is 23.4 Å². The first-order chi connectivity index (χ1) is 14.5. The molecule has 3 aromatic rings. The van der Waals surface area contributed by atoms with Crippen LogP contribution in [0.2, 0.25) is 0 Å². The van der Waals surface area contributed by atoms with Gasteiger partial charge in [-0.05, 0) is 35.2 Å². The second kappa shape index (κ2) is 7.83. The number of amides is 1. The zero-order chi connectivity index (χ0) is 21.4. The van der Waals surface area contributed by atoms with Crippen molar-refractivity contribution in [2.75, 3.05) is 25.4 Å². The molecule has 1 aliphatic rings. The molecule has 1 amide bonds. The number of hydrogen-bond acceptors (Lipinski definition) is 6. The monoisotopic (exact) mass is 425 g/mol. The Labute approximate surface area is 177 Å². The molecule has 1 aromatic heterocycles. The second-order valence-corrected chi connectivity index (χ2v) is 7.41. The number of nitrogens with one attached hydrogen (secondary N) is 1. The van der Waals surface area contributed by atoms with E-state index in [0.29, 0.717) is 39.2 Å². The van der Waals surface area contributed by atoms with Crippen LogP contribution in [0.1, 0.15) is 18.7 Å². The number of fused-ring (bicyclic) bond motifs is 3. The van der Waals surface area contributed by atoms with Gasteiger partial charge in [-0.3, -0.25) is 14.6 Å². The Morgan fingerprint density at radius 3 is 2.60 bits per heavy atom. The van der Waals surface area contributed by atoms with Crippen molar-refractivity contribution in [2.24, 2.45) is 0 Å². The van der Waals surface area contributed by atoms with E-state index in [9.17, 15) is 9.59 Å². The molecule has 0 fully saturated rings. The van der Waals surface area contributed by atoms with Crippen LogP contribution in [0, 0.1) is 0 Å². The Morgan fingerprint density at radius 2 is 1.93 bits per heavy atom. The molecule has 0 radical (unpaired) electrons. The summed E-state index contributed by atoms with van der Waals surface area (Å²) < 4.78 is 12.7. The molecule has 9 heteroatoms. The van der Waals surface area contributed by atoms with Gasteiger partial charge < -0.3 is 9.47 Å². The van der Waals surface area contributed by atoms with E-state index in [1.54, 1.807) is 29.9 Å². The standard InChI is InChI=1S/C21H20N4O4S/c1-12(26)24-15-10-6-5-8-13(15)17-19(27)22-21(30-4)23-25(17)20(24)14-9-7-11-16(28-2)18(14)29-3/h5-11,20H,1-4H3/p+1/t20-/m0/s1. The maximum Gasteiger partial charge on any atom is 0.325 e. The maximum atomic E-state index is 13.0. The Bertz CT molecular complexity index is 1190. The van der Waals surface area contributed by atoms with Crippen LogP contribution in [0.25, 0.3) is 11.3 Å². The van der Waals surface area contributed by atoms with Crippen molar-refractivity contribution in [3.8, 4) is 22.8 Å². The normalized spacial score (nSPS) is 14.7. The minimum atomic E-state index is -0.731. The fourth-order valence-corrected chi connectivity index (χ4v) is 4.17. The average molecular weight is 425 g/mol. The van der Waals surface area contributed by atoms with Crippen LogP contribution >= 0.6 is 11.8 Å². The van der Waals surface area contributed by atoms with Crippen LogP contribution in [0.4, 0.5) is 5.69 Å². The number of benzene rings is 2. The zero-order valence-corrected chi connectivity index (χ0v) is 17.8. The molecule has 0 saturated carbocycles. The van der Waals surface area contributed by atoms with Crippen molar-refractivity contribution in [2.45, 2.75) is 18.2 Å². The third kappa shape index (κ3) is 3.02. The van der Waals surface area contributed by atoms with Gasteiger partial charge in [-0.15, -0.1) is 0 Å². The van der Waals surface area contributed by atoms with Gasteiger partial charge in [-0.25, -0.2) is 4.90 Å². The fraction of sp³-hybridized carbons (Fsp3) is 0.238. The summed E-state index contributed by atoms with van der Waals surface area (Å²) in [4.78, 5) is 30.3. The topological polar surface area (TPSA) is 88.4 Å². The lowest BCUT2D eigenvalue weighted by Crippen LogP contribution is -2.60. The van der Waals surface area contributed by atoms with Crippen LogP contribution in [-0.2, 0) is 4.79 Å². The summed E-state index contributed by atoms with van der Waals surface area (Å²) in [5, 5.41) is 5.09. The van der Waals surface area contributed by atoms with Crippen LogP contribution < -0.4 is 24.6 Å². The minimum absolute atomic E-state index is 0.191. The van der Waals surface area contributed by atoms with Gasteiger partial charge in [-0.2, -0.15) is 0 Å². The Hall–Kier alpha value is -3.33. The molecule has 8 nitrogen and oxygen atoms in total. The van der Waals surface area contributed by atoms with Gasteiger partial charge in [0.2, 0.25) is 11.1 Å². The number of aromatic amines is 1. The molecule has 1 aliphatic heterocycles. The molecule has 30 heavy (non-hydrogen) atoms. The predicted molar refractivity (Wildman–Crippen MR) is 113 cm³/mol. The lowest BCUT2D eigenvalue weighted by Gasteiger charge is -2.32. The summed E-state index contributed by atoms with van der Waals surface area (Å²) >= 11 is 1.31. The van der Waals surface area contributed by atoms with Crippen molar-refractivity contribution in [1.29, 1.82) is 0 Å². The Kier molecular flexibility index (Phi) is 5.21. The van der Waals surface area contributed by atoms with E-state index in [1.807, 2.05) is 42.7 Å². The first-order valence-electron chi connectivity index (χ1n) is 9.22. The third-order valence-electron chi connectivity index (χ3n) is 5.00. The van der Waals surface area contributed by atoms with E-state index < -0.39 is 6.17 Å². The number of carbonyl (C=O) groups excluding carboxylic acids is 1. The number of thioether (sulfide) groups is 1. The van der Waals surface area contributed by atoms with Crippen molar-refractivity contribution in [3.05, 3.63) is 58.4 Å². The lowest BCUT2D eigenvalue weighted by molar-refractivity contribution is -0.763. The molecule has 0 bridgehead atoms. The number of rotatable bonds is 4. The highest BCUT2D eigenvalue weighted by Crippen LogP contribution is 2.42. The highest BCUT2D eigenvalue weighted by atomic mass is 32.2. The van der Waals surface area contributed by atoms with E-state index in [-0.39, 0.29) is 11.5 Å². The molecule has 4 rings (SSSR count). The number of aromatic nitrogens is 3. The van der Waals surface area contributed by atoms with Crippen LogP contribution in [-0.4, -0.2) is 36.5 Å². The van der Waals surface area contributed by atoms with E-state index in [4.69, 9.17) is 9.47 Å². The highest BCUT2D eigenvalue weighted by Gasteiger charge is 2.46. The molecular weight excluding hydrogens is 404 g/mol. The summed E-state index contributed by atoms with van der Waals surface area (Å²) in [6.07, 6.45) is 1.09. The quantitative estimate of drug-likeness (QED) is 0.510. The first kappa shape index (κ1) is 20.0. The Balaban J connectivity index is 2.12. The SMILES string of the molecule is COc1cccc([C@H]2N(C(C)=O)c3ccccc3-c3c(=O)[nH]c(SC)n[n+]32)c1OC. The van der Waals surface area contributed by atoms with Crippen LogP contribution in [0.3, 0.4) is 0 Å². The molecule has 2 aromatic carbocycles. The number of ether oxygens (including phenoxy) is 2. The second-order valence-electron chi connectivity index (χ2n) is 6.62. The van der Waals surface area contributed by atoms with Crippen LogP contribution in [0.5, 0.6) is 11.5 Å². The van der Waals surface area contributed by atoms with Crippen molar-refractivity contribution in [1.82, 2.24) is 10.1 Å². The van der Waals surface area contributed by atoms with E-state index in [0.717, 1.165) is 0 Å². The molecule has 0 saturated heterocycles. The lowest BCUT2D eigenvalue weighted by atomic mass is 10.0. The minimum Gasteiger partial charge on any atom is -0.493 e. The zero-order valence-electron chi connectivity index (χ0n) is 17.0. The average Bonchev–Trinajstić information content (AvgIpc) is 2.76. The van der Waals surface area contributed by atoms with E-state index >= 15 is 0 Å². The maximum absolute atomic E-state index is 13.0. The molecule has 1 atom stereocenters. The predicted octanol–water partition coefficient (Wildman–Crippen LogP) is 2.38. The number of H-pyrrole nitrogens is 1. The molecule has 0 unspecified atom stereocenters. The highest BCUT2D eigenvalue weighted by molar-refractivity contribution is 7.98. The number of anilines is 1. The molecule has 0 aliphatic carbocycles. The van der Waals surface area contributed by atoms with E-state index in [1.165, 1.54) is 18.7 Å². The van der Waals surface area contributed by atoms with Gasteiger partial charge in [-0.1, -0.05) is 30.0 Å². The molecule has 2 heterocycles. The van der Waals surface area contributed by atoms with Gasteiger partial charge in [0.25, 0.3) is 6.17 Å². The summed E-state index contributed by atoms with van der Waals surface area (Å²) in [6, 6.07) is 12.7. The summed E-state index contributed by atoms with van der Waals surface area (Å²) in [7, 11) is 3.09. The Morgan fingerprint density at radius 1 is 1.17 bits per heavy atom. The van der Waals surface area contributed by atoms with Gasteiger partial charge in [0.15, 0.2) is 11.5 Å². The molecule has 154 valence electrons. The molecule has 1 N–H and O–H groups in total. The van der Waals surface area contributed by atoms with Crippen molar-refractivity contribution in [3.63, 3.8) is 0 Å². The number of methoxy groups -OCH3 is 2.